The van der Waals surface area contributed by atoms with Crippen LogP contribution in [0, 0.1) is 0 Å². The molecule has 20 heavy (non-hydrogen) atoms. The lowest BCUT2D eigenvalue weighted by Crippen LogP contribution is -2.47. The summed E-state index contributed by atoms with van der Waals surface area (Å²) >= 11 is 0. The van der Waals surface area contributed by atoms with Crippen molar-refractivity contribution in [1.29, 1.82) is 0 Å². The number of hydrogen-bond donors (Lipinski definition) is 0. The molecular formula is C14H18N4O2. The lowest BCUT2D eigenvalue weighted by atomic mass is 10.3. The molecule has 0 atom stereocenters. The van der Waals surface area contributed by atoms with Crippen molar-refractivity contribution in [1.82, 2.24) is 19.6 Å². The largest absolute Gasteiger partial charge is 0.454 e. The van der Waals surface area contributed by atoms with Gasteiger partial charge in [-0.15, -0.1) is 0 Å². The second-order valence-corrected chi connectivity index (χ2v) is 5.07. The van der Waals surface area contributed by atoms with Gasteiger partial charge in [-0.3, -0.25) is 9.48 Å². The highest BCUT2D eigenvalue weighted by Gasteiger charge is 2.22. The fraction of sp³-hybridized carbons (Fsp3) is 0.429. The van der Waals surface area contributed by atoms with E-state index in [1.54, 1.807) is 16.9 Å². The normalized spacial score (nSPS) is 16.6. The maximum atomic E-state index is 12.3. The molecule has 0 N–H and O–H groups in total. The van der Waals surface area contributed by atoms with Crippen molar-refractivity contribution in [3.63, 3.8) is 0 Å². The van der Waals surface area contributed by atoms with Gasteiger partial charge in [-0.25, -0.2) is 0 Å². The second kappa shape index (κ2) is 5.50. The average Bonchev–Trinajstić information content (AvgIpc) is 3.11. The quantitative estimate of drug-likeness (QED) is 0.835. The number of nitrogens with zero attached hydrogens (tertiary/aromatic N) is 4. The van der Waals surface area contributed by atoms with Gasteiger partial charge in [0, 0.05) is 38.6 Å². The van der Waals surface area contributed by atoms with Crippen LogP contribution in [0.15, 0.2) is 35.0 Å². The molecule has 6 heteroatoms. The van der Waals surface area contributed by atoms with Crippen molar-refractivity contribution >= 4 is 5.91 Å². The van der Waals surface area contributed by atoms with Crippen molar-refractivity contribution in [2.45, 2.75) is 6.54 Å². The van der Waals surface area contributed by atoms with Gasteiger partial charge < -0.3 is 14.2 Å². The molecule has 0 aliphatic carbocycles. The Morgan fingerprint density at radius 2 is 2.10 bits per heavy atom. The molecule has 6 nitrogen and oxygen atoms in total. The Hall–Kier alpha value is -2.08. The first-order chi connectivity index (χ1) is 9.72. The number of hydrogen-bond acceptors (Lipinski definition) is 4. The van der Waals surface area contributed by atoms with Gasteiger partial charge >= 0.3 is 0 Å². The molecule has 0 spiro atoms. The minimum Gasteiger partial charge on any atom is -0.454 e. The number of piperazine rings is 1. The molecule has 1 saturated heterocycles. The first-order valence-corrected chi connectivity index (χ1v) is 6.76. The molecule has 0 bridgehead atoms. The van der Waals surface area contributed by atoms with Crippen LogP contribution in [0.5, 0.6) is 0 Å². The third kappa shape index (κ3) is 2.75. The summed E-state index contributed by atoms with van der Waals surface area (Å²) in [5.74, 6) is 1.13. The first-order valence-electron chi connectivity index (χ1n) is 6.76. The first kappa shape index (κ1) is 12.9. The van der Waals surface area contributed by atoms with E-state index < -0.39 is 0 Å². The highest BCUT2D eigenvalue weighted by atomic mass is 16.4. The molecule has 106 valence electrons. The van der Waals surface area contributed by atoms with Gasteiger partial charge in [0.1, 0.15) is 5.76 Å². The summed E-state index contributed by atoms with van der Waals surface area (Å²) in [6.07, 6.45) is 3.59. The zero-order valence-electron chi connectivity index (χ0n) is 11.5. The van der Waals surface area contributed by atoms with E-state index >= 15 is 0 Å². The lowest BCUT2D eigenvalue weighted by Gasteiger charge is -2.31. The number of furan rings is 1. The zero-order valence-corrected chi connectivity index (χ0v) is 11.5. The van der Waals surface area contributed by atoms with E-state index in [0.717, 1.165) is 31.9 Å². The van der Waals surface area contributed by atoms with E-state index in [0.29, 0.717) is 12.3 Å². The van der Waals surface area contributed by atoms with Gasteiger partial charge in [0.05, 0.1) is 6.54 Å². The molecule has 1 aliphatic rings. The Balaban J connectivity index is 1.65. The van der Waals surface area contributed by atoms with Gasteiger partial charge in [-0.05, 0) is 25.2 Å². The lowest BCUT2D eigenvalue weighted by molar-refractivity contribution is 0.0630. The van der Waals surface area contributed by atoms with E-state index in [4.69, 9.17) is 4.42 Å². The molecule has 2 aromatic heterocycles. The van der Waals surface area contributed by atoms with Crippen molar-refractivity contribution in [3.05, 3.63) is 42.1 Å². The molecule has 0 saturated carbocycles. The smallest absolute Gasteiger partial charge is 0.289 e. The van der Waals surface area contributed by atoms with Crippen molar-refractivity contribution in [2.24, 2.45) is 0 Å². The van der Waals surface area contributed by atoms with Gasteiger partial charge in [0.15, 0.2) is 5.76 Å². The molecule has 0 aromatic carbocycles. The predicted molar refractivity (Wildman–Crippen MR) is 73.4 cm³/mol. The fourth-order valence-electron chi connectivity index (χ4n) is 2.30. The molecule has 0 unspecified atom stereocenters. The van der Waals surface area contributed by atoms with Crippen LogP contribution in [0.3, 0.4) is 0 Å². The summed E-state index contributed by atoms with van der Waals surface area (Å²) in [6, 6.07) is 5.45. The van der Waals surface area contributed by atoms with Crippen LogP contribution in [0.25, 0.3) is 0 Å². The number of amides is 1. The summed E-state index contributed by atoms with van der Waals surface area (Å²) in [6.45, 7) is 3.87. The molecular weight excluding hydrogens is 256 g/mol. The highest BCUT2D eigenvalue weighted by molar-refractivity contribution is 5.91. The van der Waals surface area contributed by atoms with E-state index in [-0.39, 0.29) is 5.91 Å². The minimum absolute atomic E-state index is 0.0233. The van der Waals surface area contributed by atoms with E-state index in [1.165, 1.54) is 0 Å². The van der Waals surface area contributed by atoms with Crippen LogP contribution in [0.2, 0.25) is 0 Å². The number of aromatic nitrogens is 2. The topological polar surface area (TPSA) is 54.5 Å². The van der Waals surface area contributed by atoms with Gasteiger partial charge in [-0.2, -0.15) is 5.10 Å². The van der Waals surface area contributed by atoms with E-state index in [2.05, 4.69) is 17.0 Å². The van der Waals surface area contributed by atoms with Crippen LogP contribution >= 0.6 is 0 Å². The molecule has 1 amide bonds. The van der Waals surface area contributed by atoms with Crippen LogP contribution in [0.4, 0.5) is 0 Å². The molecule has 3 rings (SSSR count). The van der Waals surface area contributed by atoms with Gasteiger partial charge in [0.2, 0.25) is 0 Å². The number of carbonyl (C=O) groups excluding carboxylic acids is 1. The van der Waals surface area contributed by atoms with Crippen LogP contribution < -0.4 is 0 Å². The standard InChI is InChI=1S/C14H18N4O2/c1-16-7-9-17(10-8-16)14(19)13-4-3-12(20-13)11-18-6-2-5-15-18/h2-6H,7-11H2,1H3. The Bertz CT molecular complexity index is 568. The van der Waals surface area contributed by atoms with Crippen molar-refractivity contribution in [2.75, 3.05) is 33.2 Å². The predicted octanol–water partition coefficient (Wildman–Crippen LogP) is 0.912. The van der Waals surface area contributed by atoms with Gasteiger partial charge in [0.25, 0.3) is 5.91 Å². The fourth-order valence-corrected chi connectivity index (χ4v) is 2.30. The number of carbonyl (C=O) groups is 1. The summed E-state index contributed by atoms with van der Waals surface area (Å²) < 4.78 is 7.40. The van der Waals surface area contributed by atoms with Crippen LogP contribution in [-0.2, 0) is 6.54 Å². The number of rotatable bonds is 3. The minimum atomic E-state index is -0.0233. The molecule has 0 radical (unpaired) electrons. The Labute approximate surface area is 117 Å². The summed E-state index contributed by atoms with van der Waals surface area (Å²) in [4.78, 5) is 16.4. The summed E-state index contributed by atoms with van der Waals surface area (Å²) in [5.41, 5.74) is 0. The molecule has 3 heterocycles. The SMILES string of the molecule is CN1CCN(C(=O)c2ccc(Cn3cccn3)o2)CC1. The highest BCUT2D eigenvalue weighted by Crippen LogP contribution is 2.13. The van der Waals surface area contributed by atoms with Gasteiger partial charge in [-0.1, -0.05) is 0 Å². The third-order valence-corrected chi connectivity index (χ3v) is 3.54. The van der Waals surface area contributed by atoms with Crippen molar-refractivity contribution < 1.29 is 9.21 Å². The average molecular weight is 274 g/mol. The zero-order chi connectivity index (χ0) is 13.9. The van der Waals surface area contributed by atoms with Crippen LogP contribution in [-0.4, -0.2) is 58.7 Å². The Morgan fingerprint density at radius 3 is 2.80 bits per heavy atom. The van der Waals surface area contributed by atoms with Crippen molar-refractivity contribution in [3.8, 4) is 0 Å². The molecule has 1 aliphatic heterocycles. The number of likely N-dealkylation sites (N-methyl/N-ethyl adjacent to an activating group) is 1. The summed E-state index contributed by atoms with van der Waals surface area (Å²) in [5, 5.41) is 4.12. The third-order valence-electron chi connectivity index (χ3n) is 3.54. The molecule has 2 aromatic rings. The molecule has 1 fully saturated rings. The maximum absolute atomic E-state index is 12.3. The monoisotopic (exact) mass is 274 g/mol. The van der Waals surface area contributed by atoms with E-state index in [9.17, 15) is 4.79 Å². The second-order valence-electron chi connectivity index (χ2n) is 5.07. The Kier molecular flexibility index (Phi) is 3.56. The van der Waals surface area contributed by atoms with E-state index in [1.807, 2.05) is 23.2 Å². The summed E-state index contributed by atoms with van der Waals surface area (Å²) in [7, 11) is 2.07. The Morgan fingerprint density at radius 1 is 1.30 bits per heavy atom. The van der Waals surface area contributed by atoms with Crippen LogP contribution in [0.1, 0.15) is 16.3 Å². The maximum Gasteiger partial charge on any atom is 0.289 e.